The average molecular weight is 332 g/mol. The zero-order valence-corrected chi connectivity index (χ0v) is 13.9. The summed E-state index contributed by atoms with van der Waals surface area (Å²) in [4.78, 5) is 4.32. The molecular formula is C16H20N4O2S. The quantitative estimate of drug-likeness (QED) is 0.586. The lowest BCUT2D eigenvalue weighted by Crippen LogP contribution is -2.22. The highest BCUT2D eigenvalue weighted by atomic mass is 32.2. The summed E-state index contributed by atoms with van der Waals surface area (Å²) in [6, 6.07) is 12.3. The second-order valence-corrected chi connectivity index (χ2v) is 6.95. The van der Waals surface area contributed by atoms with Gasteiger partial charge in [-0.05, 0) is 54.8 Å². The minimum atomic E-state index is -3.67. The van der Waals surface area contributed by atoms with Crippen LogP contribution in [-0.4, -0.2) is 14.4 Å². The number of rotatable bonds is 4. The SMILES string of the molecule is Cc1cc(C)cc(NC(N)=NCc2ccc(S(N)(=O)=O)cc2)c1. The van der Waals surface area contributed by atoms with Crippen molar-refractivity contribution in [3.63, 3.8) is 0 Å². The average Bonchev–Trinajstić information content (AvgIpc) is 2.43. The summed E-state index contributed by atoms with van der Waals surface area (Å²) >= 11 is 0. The van der Waals surface area contributed by atoms with Crippen LogP contribution in [0.4, 0.5) is 5.69 Å². The summed E-state index contributed by atoms with van der Waals surface area (Å²) in [5.74, 6) is 0.297. The third-order valence-corrected chi connectivity index (χ3v) is 4.11. The molecule has 0 heterocycles. The van der Waals surface area contributed by atoms with E-state index in [0.717, 1.165) is 22.4 Å². The molecule has 0 fully saturated rings. The monoisotopic (exact) mass is 332 g/mol. The van der Waals surface area contributed by atoms with E-state index in [0.29, 0.717) is 12.5 Å². The van der Waals surface area contributed by atoms with Crippen molar-refractivity contribution < 1.29 is 8.42 Å². The number of benzene rings is 2. The van der Waals surface area contributed by atoms with Gasteiger partial charge in [0.2, 0.25) is 10.0 Å². The third kappa shape index (κ3) is 5.08. The second-order valence-electron chi connectivity index (χ2n) is 5.39. The van der Waals surface area contributed by atoms with Crippen molar-refractivity contribution in [2.75, 3.05) is 5.32 Å². The van der Waals surface area contributed by atoms with Gasteiger partial charge in [-0.15, -0.1) is 0 Å². The van der Waals surface area contributed by atoms with Gasteiger partial charge < -0.3 is 11.1 Å². The molecular weight excluding hydrogens is 312 g/mol. The Morgan fingerprint density at radius 3 is 2.17 bits per heavy atom. The van der Waals surface area contributed by atoms with Crippen molar-refractivity contribution in [1.29, 1.82) is 0 Å². The number of guanidine groups is 1. The van der Waals surface area contributed by atoms with Crippen LogP contribution < -0.4 is 16.2 Å². The number of nitrogens with zero attached hydrogens (tertiary/aromatic N) is 1. The molecule has 0 radical (unpaired) electrons. The molecule has 0 bridgehead atoms. The van der Waals surface area contributed by atoms with Crippen molar-refractivity contribution >= 4 is 21.7 Å². The standard InChI is InChI=1S/C16H20N4O2S/c1-11-7-12(2)9-14(8-11)20-16(17)19-10-13-3-5-15(6-4-13)23(18,21)22/h3-9H,10H2,1-2H3,(H3,17,19,20)(H2,18,21,22). The van der Waals surface area contributed by atoms with Crippen LogP contribution >= 0.6 is 0 Å². The molecule has 2 rings (SSSR count). The summed E-state index contributed by atoms with van der Waals surface area (Å²) in [5, 5.41) is 8.10. The number of hydrogen-bond acceptors (Lipinski definition) is 3. The molecule has 0 atom stereocenters. The zero-order valence-electron chi connectivity index (χ0n) is 13.1. The van der Waals surface area contributed by atoms with E-state index < -0.39 is 10.0 Å². The van der Waals surface area contributed by atoms with Crippen LogP contribution in [0.15, 0.2) is 52.4 Å². The highest BCUT2D eigenvalue weighted by Gasteiger charge is 2.06. The first-order chi connectivity index (χ1) is 10.7. The Balaban J connectivity index is 2.04. The van der Waals surface area contributed by atoms with E-state index in [-0.39, 0.29) is 4.90 Å². The Morgan fingerprint density at radius 2 is 1.65 bits per heavy atom. The number of aryl methyl sites for hydroxylation is 2. The molecule has 0 aliphatic heterocycles. The van der Waals surface area contributed by atoms with Gasteiger partial charge in [-0.25, -0.2) is 18.5 Å². The van der Waals surface area contributed by atoms with Gasteiger partial charge in [-0.2, -0.15) is 0 Å². The molecule has 0 aliphatic carbocycles. The number of anilines is 1. The van der Waals surface area contributed by atoms with Crippen LogP contribution in [-0.2, 0) is 16.6 Å². The maximum atomic E-state index is 11.2. The molecule has 0 aliphatic rings. The summed E-state index contributed by atoms with van der Waals surface area (Å²) in [7, 11) is -3.67. The fraction of sp³-hybridized carbons (Fsp3) is 0.188. The number of hydrogen-bond donors (Lipinski definition) is 3. The lowest BCUT2D eigenvalue weighted by molar-refractivity contribution is 0.598. The van der Waals surface area contributed by atoms with Gasteiger partial charge >= 0.3 is 0 Å². The molecule has 5 N–H and O–H groups in total. The van der Waals surface area contributed by atoms with Crippen LogP contribution in [0.3, 0.4) is 0 Å². The first-order valence-electron chi connectivity index (χ1n) is 7.01. The molecule has 23 heavy (non-hydrogen) atoms. The van der Waals surface area contributed by atoms with Gasteiger partial charge in [-0.3, -0.25) is 0 Å². The van der Waals surface area contributed by atoms with Crippen molar-refractivity contribution in [3.8, 4) is 0 Å². The first-order valence-corrected chi connectivity index (χ1v) is 8.55. The van der Waals surface area contributed by atoms with Crippen LogP contribution in [0.25, 0.3) is 0 Å². The number of nitrogens with two attached hydrogens (primary N) is 2. The van der Waals surface area contributed by atoms with E-state index in [1.807, 2.05) is 26.0 Å². The van der Waals surface area contributed by atoms with Gasteiger partial charge in [0.15, 0.2) is 5.96 Å². The summed E-state index contributed by atoms with van der Waals surface area (Å²) in [6.45, 7) is 4.37. The van der Waals surface area contributed by atoms with Crippen LogP contribution in [0, 0.1) is 13.8 Å². The Labute approximate surface area is 136 Å². The molecule has 2 aromatic carbocycles. The van der Waals surface area contributed by atoms with E-state index in [1.165, 1.54) is 12.1 Å². The molecule has 0 amide bonds. The molecule has 6 nitrogen and oxygen atoms in total. The van der Waals surface area contributed by atoms with Gasteiger partial charge in [0, 0.05) is 5.69 Å². The minimum absolute atomic E-state index is 0.0755. The van der Waals surface area contributed by atoms with Crippen LogP contribution in [0.1, 0.15) is 16.7 Å². The smallest absolute Gasteiger partial charge is 0.238 e. The zero-order chi connectivity index (χ0) is 17.0. The third-order valence-electron chi connectivity index (χ3n) is 3.18. The van der Waals surface area contributed by atoms with Gasteiger partial charge in [0.25, 0.3) is 0 Å². The molecule has 0 aromatic heterocycles. The predicted octanol–water partition coefficient (Wildman–Crippen LogP) is 1.88. The number of nitrogens with one attached hydrogen (secondary N) is 1. The fourth-order valence-electron chi connectivity index (χ4n) is 2.20. The van der Waals surface area contributed by atoms with E-state index >= 15 is 0 Å². The summed E-state index contributed by atoms with van der Waals surface area (Å²) in [5.41, 5.74) is 9.87. The molecule has 0 saturated heterocycles. The van der Waals surface area contributed by atoms with Crippen molar-refractivity contribution in [3.05, 3.63) is 59.2 Å². The lowest BCUT2D eigenvalue weighted by Gasteiger charge is -2.08. The number of aliphatic imine (C=N–C) groups is 1. The first kappa shape index (κ1) is 17.0. The Bertz CT molecular complexity index is 807. The maximum Gasteiger partial charge on any atom is 0.238 e. The van der Waals surface area contributed by atoms with Gasteiger partial charge in [0.1, 0.15) is 0 Å². The van der Waals surface area contributed by atoms with E-state index in [2.05, 4.69) is 16.4 Å². The molecule has 0 saturated carbocycles. The highest BCUT2D eigenvalue weighted by molar-refractivity contribution is 7.89. The van der Waals surface area contributed by atoms with Gasteiger partial charge in [-0.1, -0.05) is 18.2 Å². The largest absolute Gasteiger partial charge is 0.370 e. The maximum absolute atomic E-state index is 11.2. The molecule has 2 aromatic rings. The summed E-state index contributed by atoms with van der Waals surface area (Å²) in [6.07, 6.45) is 0. The molecule has 7 heteroatoms. The molecule has 0 spiro atoms. The van der Waals surface area contributed by atoms with Crippen molar-refractivity contribution in [2.24, 2.45) is 15.9 Å². The van der Waals surface area contributed by atoms with Crippen LogP contribution in [0.2, 0.25) is 0 Å². The fourth-order valence-corrected chi connectivity index (χ4v) is 2.71. The van der Waals surface area contributed by atoms with E-state index in [1.54, 1.807) is 12.1 Å². The normalized spacial score (nSPS) is 12.2. The van der Waals surface area contributed by atoms with Crippen molar-refractivity contribution in [1.82, 2.24) is 0 Å². The second kappa shape index (κ2) is 6.80. The number of primary sulfonamides is 1. The Hall–Kier alpha value is -2.38. The molecule has 122 valence electrons. The van der Waals surface area contributed by atoms with Gasteiger partial charge in [0.05, 0.1) is 11.4 Å². The van der Waals surface area contributed by atoms with Crippen molar-refractivity contribution in [2.45, 2.75) is 25.3 Å². The Kier molecular flexibility index (Phi) is 5.02. The van der Waals surface area contributed by atoms with E-state index in [4.69, 9.17) is 10.9 Å². The number of sulfonamides is 1. The molecule has 0 unspecified atom stereocenters. The predicted molar refractivity (Wildman–Crippen MR) is 92.7 cm³/mol. The lowest BCUT2D eigenvalue weighted by atomic mass is 10.1. The summed E-state index contributed by atoms with van der Waals surface area (Å²) < 4.78 is 22.4. The van der Waals surface area contributed by atoms with Crippen LogP contribution in [0.5, 0.6) is 0 Å². The minimum Gasteiger partial charge on any atom is -0.370 e. The topological polar surface area (TPSA) is 111 Å². The highest BCUT2D eigenvalue weighted by Crippen LogP contribution is 2.14. The Morgan fingerprint density at radius 1 is 1.09 bits per heavy atom. The van der Waals surface area contributed by atoms with E-state index in [9.17, 15) is 8.42 Å².